The minimum atomic E-state index is -4.54. The summed E-state index contributed by atoms with van der Waals surface area (Å²) in [5, 5.41) is 4.12. The monoisotopic (exact) mass is 295 g/mol. The highest BCUT2D eigenvalue weighted by atomic mass is 35.5. The first-order chi connectivity index (χ1) is 8.82. The van der Waals surface area contributed by atoms with Crippen LogP contribution < -0.4 is 10.6 Å². The molecule has 0 aliphatic carbocycles. The average Bonchev–Trinajstić information content (AvgIpc) is 2.28. The molecule has 0 fully saturated rings. The molecule has 5 nitrogen and oxygen atoms in total. The predicted octanol–water partition coefficient (Wildman–Crippen LogP) is 2.38. The number of rotatable bonds is 3. The molecule has 0 saturated heterocycles. The van der Waals surface area contributed by atoms with Crippen molar-refractivity contribution in [2.75, 3.05) is 11.2 Å². The summed E-state index contributed by atoms with van der Waals surface area (Å²) in [6.45, 7) is 0. The van der Waals surface area contributed by atoms with Crippen molar-refractivity contribution in [3.63, 3.8) is 0 Å². The van der Waals surface area contributed by atoms with Gasteiger partial charge in [-0.05, 0) is 12.1 Å². The Hall–Kier alpha value is -1.83. The second kappa shape index (κ2) is 6.37. The summed E-state index contributed by atoms with van der Waals surface area (Å²) >= 11 is 5.29. The van der Waals surface area contributed by atoms with Crippen LogP contribution in [0.4, 0.5) is 23.7 Å². The van der Waals surface area contributed by atoms with E-state index in [1.165, 1.54) is 0 Å². The first kappa shape index (κ1) is 15.2. The quantitative estimate of drug-likeness (QED) is 0.841. The smallest absolute Gasteiger partial charge is 0.306 e. The zero-order chi connectivity index (χ0) is 14.5. The van der Waals surface area contributed by atoms with Gasteiger partial charge < -0.3 is 5.32 Å². The van der Waals surface area contributed by atoms with E-state index in [9.17, 15) is 22.8 Å². The highest BCUT2D eigenvalue weighted by molar-refractivity contribution is 6.19. The number of alkyl halides is 4. The van der Waals surface area contributed by atoms with E-state index in [1.54, 1.807) is 0 Å². The SMILES string of the molecule is O=C(CCCl)NC(=O)Nc1ccc(C(F)(F)F)nc1. The van der Waals surface area contributed by atoms with E-state index in [2.05, 4.69) is 10.3 Å². The van der Waals surface area contributed by atoms with Crippen LogP contribution >= 0.6 is 11.6 Å². The second-order valence-electron chi connectivity index (χ2n) is 3.37. The molecule has 0 aliphatic heterocycles. The number of imide groups is 1. The van der Waals surface area contributed by atoms with Crippen LogP contribution in [-0.2, 0) is 11.0 Å². The van der Waals surface area contributed by atoms with Crippen LogP contribution in [-0.4, -0.2) is 22.8 Å². The van der Waals surface area contributed by atoms with E-state index in [1.807, 2.05) is 5.32 Å². The fourth-order valence-electron chi connectivity index (χ4n) is 1.07. The number of carbonyl (C=O) groups is 2. The molecule has 1 aromatic rings. The van der Waals surface area contributed by atoms with Gasteiger partial charge in [0, 0.05) is 12.3 Å². The zero-order valence-corrected chi connectivity index (χ0v) is 10.2. The number of amides is 3. The molecule has 0 radical (unpaired) electrons. The van der Waals surface area contributed by atoms with Crippen LogP contribution in [0.2, 0.25) is 0 Å². The van der Waals surface area contributed by atoms with Crippen LogP contribution in [0, 0.1) is 0 Å². The van der Waals surface area contributed by atoms with Crippen molar-refractivity contribution in [2.24, 2.45) is 0 Å². The summed E-state index contributed by atoms with van der Waals surface area (Å²) in [4.78, 5) is 25.4. The Balaban J connectivity index is 2.58. The third-order valence-corrected chi connectivity index (χ3v) is 2.08. The van der Waals surface area contributed by atoms with Crippen LogP contribution in [0.25, 0.3) is 0 Å². The minimum Gasteiger partial charge on any atom is -0.306 e. The summed E-state index contributed by atoms with van der Waals surface area (Å²) in [5.41, 5.74) is -1.04. The van der Waals surface area contributed by atoms with Gasteiger partial charge in [-0.15, -0.1) is 11.6 Å². The van der Waals surface area contributed by atoms with E-state index in [0.717, 1.165) is 18.3 Å². The van der Waals surface area contributed by atoms with Crippen molar-refractivity contribution < 1.29 is 22.8 Å². The van der Waals surface area contributed by atoms with E-state index < -0.39 is 23.8 Å². The normalized spacial score (nSPS) is 10.9. The molecule has 0 spiro atoms. The summed E-state index contributed by atoms with van der Waals surface area (Å²) in [5.74, 6) is -0.534. The Labute approximate surface area is 111 Å². The van der Waals surface area contributed by atoms with Gasteiger partial charge in [-0.25, -0.2) is 9.78 Å². The van der Waals surface area contributed by atoms with Gasteiger partial charge in [-0.3, -0.25) is 10.1 Å². The standard InChI is InChI=1S/C10H9ClF3N3O2/c11-4-3-8(18)17-9(19)16-6-1-2-7(15-5-6)10(12,13)14/h1-2,5H,3-4H2,(H2,16,17,18,19). The Bertz CT molecular complexity index is 462. The van der Waals surface area contributed by atoms with Gasteiger partial charge in [0.1, 0.15) is 5.69 Å². The molecule has 0 aliphatic rings. The number of anilines is 1. The number of halogens is 4. The van der Waals surface area contributed by atoms with Crippen molar-refractivity contribution >= 4 is 29.2 Å². The third-order valence-electron chi connectivity index (χ3n) is 1.89. The number of hydrogen-bond acceptors (Lipinski definition) is 3. The summed E-state index contributed by atoms with van der Waals surface area (Å²) in [6, 6.07) is 0.883. The van der Waals surface area contributed by atoms with Crippen LogP contribution in [0.5, 0.6) is 0 Å². The van der Waals surface area contributed by atoms with Gasteiger partial charge in [0.2, 0.25) is 5.91 Å². The molecule has 0 unspecified atom stereocenters. The van der Waals surface area contributed by atoms with Crippen molar-refractivity contribution in [3.05, 3.63) is 24.0 Å². The molecule has 0 aromatic carbocycles. The summed E-state index contributed by atoms with van der Waals surface area (Å²) in [6.07, 6.45) is -3.74. The molecule has 19 heavy (non-hydrogen) atoms. The topological polar surface area (TPSA) is 71.1 Å². The number of aromatic nitrogens is 1. The fraction of sp³-hybridized carbons (Fsp3) is 0.300. The fourth-order valence-corrected chi connectivity index (χ4v) is 1.24. The zero-order valence-electron chi connectivity index (χ0n) is 9.42. The van der Waals surface area contributed by atoms with Gasteiger partial charge in [-0.1, -0.05) is 0 Å². The molecule has 9 heteroatoms. The van der Waals surface area contributed by atoms with Crippen molar-refractivity contribution in [1.29, 1.82) is 0 Å². The predicted molar refractivity (Wildman–Crippen MR) is 61.7 cm³/mol. The lowest BCUT2D eigenvalue weighted by atomic mass is 10.3. The number of nitrogens with zero attached hydrogens (tertiary/aromatic N) is 1. The molecule has 1 aromatic heterocycles. The van der Waals surface area contributed by atoms with Crippen molar-refractivity contribution in [1.82, 2.24) is 10.3 Å². The number of nitrogens with one attached hydrogen (secondary N) is 2. The van der Waals surface area contributed by atoms with Crippen LogP contribution in [0.3, 0.4) is 0 Å². The van der Waals surface area contributed by atoms with Gasteiger partial charge in [-0.2, -0.15) is 13.2 Å². The largest absolute Gasteiger partial charge is 0.433 e. The lowest BCUT2D eigenvalue weighted by Crippen LogP contribution is -2.34. The van der Waals surface area contributed by atoms with Gasteiger partial charge in [0.25, 0.3) is 0 Å². The molecular formula is C10H9ClF3N3O2. The van der Waals surface area contributed by atoms with Gasteiger partial charge >= 0.3 is 12.2 Å². The number of urea groups is 1. The molecule has 2 N–H and O–H groups in total. The highest BCUT2D eigenvalue weighted by Gasteiger charge is 2.32. The summed E-state index contributed by atoms with van der Waals surface area (Å²) < 4.78 is 36.7. The average molecular weight is 296 g/mol. The van der Waals surface area contributed by atoms with Crippen LogP contribution in [0.1, 0.15) is 12.1 Å². The Morgan fingerprint density at radius 2 is 2.00 bits per heavy atom. The maximum absolute atomic E-state index is 12.2. The molecule has 1 heterocycles. The van der Waals surface area contributed by atoms with Crippen molar-refractivity contribution in [2.45, 2.75) is 12.6 Å². The summed E-state index contributed by atoms with van der Waals surface area (Å²) in [7, 11) is 0. The number of carbonyl (C=O) groups excluding carboxylic acids is 2. The van der Waals surface area contributed by atoms with E-state index in [0.29, 0.717) is 0 Å². The number of hydrogen-bond donors (Lipinski definition) is 2. The van der Waals surface area contributed by atoms with Gasteiger partial charge in [0.05, 0.1) is 11.9 Å². The molecular weight excluding hydrogens is 287 g/mol. The lowest BCUT2D eigenvalue weighted by molar-refractivity contribution is -0.141. The molecule has 1 rings (SSSR count). The number of pyridine rings is 1. The minimum absolute atomic E-state index is 0.0316. The molecule has 0 saturated carbocycles. The Kier molecular flexibility index (Phi) is 5.11. The molecule has 3 amide bonds. The molecule has 0 bridgehead atoms. The maximum Gasteiger partial charge on any atom is 0.433 e. The Morgan fingerprint density at radius 3 is 2.47 bits per heavy atom. The lowest BCUT2D eigenvalue weighted by Gasteiger charge is -2.08. The third kappa shape index (κ3) is 5.12. The van der Waals surface area contributed by atoms with E-state index in [-0.39, 0.29) is 18.0 Å². The highest BCUT2D eigenvalue weighted by Crippen LogP contribution is 2.27. The first-order valence-corrected chi connectivity index (χ1v) is 5.56. The van der Waals surface area contributed by atoms with Gasteiger partial charge in [0.15, 0.2) is 0 Å². The second-order valence-corrected chi connectivity index (χ2v) is 3.75. The Morgan fingerprint density at radius 1 is 1.32 bits per heavy atom. The first-order valence-electron chi connectivity index (χ1n) is 5.03. The van der Waals surface area contributed by atoms with Crippen molar-refractivity contribution in [3.8, 4) is 0 Å². The van der Waals surface area contributed by atoms with Crippen LogP contribution in [0.15, 0.2) is 18.3 Å². The molecule has 104 valence electrons. The molecule has 0 atom stereocenters. The van der Waals surface area contributed by atoms with E-state index in [4.69, 9.17) is 11.6 Å². The van der Waals surface area contributed by atoms with E-state index >= 15 is 0 Å². The maximum atomic E-state index is 12.2.